The second kappa shape index (κ2) is 5.88. The number of hydrogen-bond donors (Lipinski definition) is 1. The first-order valence-corrected chi connectivity index (χ1v) is 5.20. The van der Waals surface area contributed by atoms with Crippen LogP contribution in [0.3, 0.4) is 0 Å². The lowest BCUT2D eigenvalue weighted by atomic mass is 10.2. The molecule has 1 aromatic rings. The smallest absolute Gasteiger partial charge is 0.204 e. The number of hydrogen-bond acceptors (Lipinski definition) is 5. The standard InChI is InChI=1S/C8H15N3OS/c1-11(5-3-2-4-6-12)8-9-7-10-13-8/h7,12H,2-6H2,1H3. The van der Waals surface area contributed by atoms with Gasteiger partial charge in [-0.3, -0.25) is 0 Å². The quantitative estimate of drug-likeness (QED) is 0.701. The topological polar surface area (TPSA) is 49.2 Å². The molecule has 0 saturated heterocycles. The summed E-state index contributed by atoms with van der Waals surface area (Å²) in [7, 11) is 2.01. The third-order valence-electron chi connectivity index (χ3n) is 1.83. The number of rotatable bonds is 6. The first kappa shape index (κ1) is 10.4. The largest absolute Gasteiger partial charge is 0.396 e. The van der Waals surface area contributed by atoms with Crippen LogP contribution >= 0.6 is 11.5 Å². The maximum Gasteiger partial charge on any atom is 0.204 e. The van der Waals surface area contributed by atoms with Crippen LogP contribution in [0, 0.1) is 0 Å². The van der Waals surface area contributed by atoms with Gasteiger partial charge in [0.2, 0.25) is 5.13 Å². The number of aliphatic hydroxyl groups is 1. The van der Waals surface area contributed by atoms with E-state index < -0.39 is 0 Å². The van der Waals surface area contributed by atoms with Crippen LogP contribution in [-0.2, 0) is 0 Å². The zero-order chi connectivity index (χ0) is 9.52. The van der Waals surface area contributed by atoms with Gasteiger partial charge in [0.05, 0.1) is 0 Å². The Kier molecular flexibility index (Phi) is 4.70. The molecule has 0 unspecified atom stereocenters. The molecular weight excluding hydrogens is 186 g/mol. The molecule has 13 heavy (non-hydrogen) atoms. The van der Waals surface area contributed by atoms with Crippen molar-refractivity contribution < 1.29 is 5.11 Å². The Bertz CT molecular complexity index is 215. The molecule has 0 aliphatic carbocycles. The van der Waals surface area contributed by atoms with Gasteiger partial charge in [-0.05, 0) is 19.3 Å². The highest BCUT2D eigenvalue weighted by Gasteiger charge is 2.02. The summed E-state index contributed by atoms with van der Waals surface area (Å²) >= 11 is 1.41. The SMILES string of the molecule is CN(CCCCCO)c1ncns1. The van der Waals surface area contributed by atoms with Crippen LogP contribution < -0.4 is 4.90 Å². The number of nitrogens with zero attached hydrogens (tertiary/aromatic N) is 3. The first-order chi connectivity index (χ1) is 6.34. The van der Waals surface area contributed by atoms with E-state index in [-0.39, 0.29) is 0 Å². The van der Waals surface area contributed by atoms with Crippen molar-refractivity contribution in [2.75, 3.05) is 25.1 Å². The highest BCUT2D eigenvalue weighted by Crippen LogP contribution is 2.12. The van der Waals surface area contributed by atoms with Crippen LogP contribution in [0.4, 0.5) is 5.13 Å². The van der Waals surface area contributed by atoms with Crippen LogP contribution in [0.1, 0.15) is 19.3 Å². The van der Waals surface area contributed by atoms with E-state index in [2.05, 4.69) is 14.3 Å². The molecule has 1 rings (SSSR count). The van der Waals surface area contributed by atoms with Gasteiger partial charge in [-0.25, -0.2) is 4.98 Å². The van der Waals surface area contributed by atoms with Crippen molar-refractivity contribution in [3.8, 4) is 0 Å². The third kappa shape index (κ3) is 3.69. The fourth-order valence-electron chi connectivity index (χ4n) is 1.07. The molecule has 1 aromatic heterocycles. The molecule has 1 heterocycles. The fraction of sp³-hybridized carbons (Fsp3) is 0.750. The second-order valence-electron chi connectivity index (χ2n) is 2.93. The highest BCUT2D eigenvalue weighted by atomic mass is 32.1. The van der Waals surface area contributed by atoms with E-state index >= 15 is 0 Å². The normalized spacial score (nSPS) is 10.3. The molecule has 0 fully saturated rings. The summed E-state index contributed by atoms with van der Waals surface area (Å²) in [5.74, 6) is 0. The van der Waals surface area contributed by atoms with E-state index in [1.807, 2.05) is 7.05 Å². The van der Waals surface area contributed by atoms with Gasteiger partial charge in [-0.2, -0.15) is 4.37 Å². The minimum Gasteiger partial charge on any atom is -0.396 e. The number of anilines is 1. The molecule has 5 heteroatoms. The van der Waals surface area contributed by atoms with Crippen LogP contribution in [0.15, 0.2) is 6.33 Å². The Morgan fingerprint density at radius 1 is 1.46 bits per heavy atom. The molecule has 0 radical (unpaired) electrons. The van der Waals surface area contributed by atoms with E-state index in [9.17, 15) is 0 Å². The molecule has 0 aliphatic rings. The summed E-state index contributed by atoms with van der Waals surface area (Å²) in [5.41, 5.74) is 0. The maximum atomic E-state index is 8.58. The summed E-state index contributed by atoms with van der Waals surface area (Å²) in [6.07, 6.45) is 4.63. The van der Waals surface area contributed by atoms with Crippen molar-refractivity contribution in [3.63, 3.8) is 0 Å². The average Bonchev–Trinajstić information content (AvgIpc) is 2.65. The highest BCUT2D eigenvalue weighted by molar-refractivity contribution is 7.09. The van der Waals surface area contributed by atoms with Gasteiger partial charge in [0.1, 0.15) is 6.33 Å². The summed E-state index contributed by atoms with van der Waals surface area (Å²) in [6, 6.07) is 0. The fourth-order valence-corrected chi connectivity index (χ4v) is 1.58. The minimum absolute atomic E-state index is 0.294. The Morgan fingerprint density at radius 3 is 2.92 bits per heavy atom. The lowest BCUT2D eigenvalue weighted by Gasteiger charge is -2.14. The van der Waals surface area contributed by atoms with E-state index in [1.54, 1.807) is 6.33 Å². The molecule has 0 aromatic carbocycles. The van der Waals surface area contributed by atoms with Gasteiger partial charge in [0.15, 0.2) is 0 Å². The predicted octanol–water partition coefficient (Wildman–Crippen LogP) is 1.14. The monoisotopic (exact) mass is 201 g/mol. The minimum atomic E-state index is 0.294. The van der Waals surface area contributed by atoms with Crippen LogP contribution in [0.5, 0.6) is 0 Å². The van der Waals surface area contributed by atoms with Crippen molar-refractivity contribution >= 4 is 16.7 Å². The molecule has 0 aliphatic heterocycles. The molecule has 0 bridgehead atoms. The Hall–Kier alpha value is -0.680. The van der Waals surface area contributed by atoms with E-state index in [0.717, 1.165) is 30.9 Å². The number of aromatic nitrogens is 2. The summed E-state index contributed by atoms with van der Waals surface area (Å²) in [5, 5.41) is 9.54. The lowest BCUT2D eigenvalue weighted by molar-refractivity contribution is 0.283. The van der Waals surface area contributed by atoms with Crippen LogP contribution in [-0.4, -0.2) is 34.7 Å². The molecule has 74 valence electrons. The van der Waals surface area contributed by atoms with E-state index in [1.165, 1.54) is 11.5 Å². The zero-order valence-electron chi connectivity index (χ0n) is 7.81. The van der Waals surface area contributed by atoms with Crippen LogP contribution in [0.2, 0.25) is 0 Å². The second-order valence-corrected chi connectivity index (χ2v) is 3.69. The van der Waals surface area contributed by atoms with Gasteiger partial charge >= 0.3 is 0 Å². The Balaban J connectivity index is 2.15. The third-order valence-corrected chi connectivity index (χ3v) is 2.61. The Morgan fingerprint density at radius 2 is 2.31 bits per heavy atom. The molecule has 0 saturated carbocycles. The summed E-state index contributed by atoms with van der Waals surface area (Å²) in [6.45, 7) is 1.28. The molecular formula is C8H15N3OS. The van der Waals surface area contributed by atoms with Gasteiger partial charge < -0.3 is 10.0 Å². The predicted molar refractivity (Wildman–Crippen MR) is 54.1 cm³/mol. The van der Waals surface area contributed by atoms with Crippen LogP contribution in [0.25, 0.3) is 0 Å². The maximum absolute atomic E-state index is 8.58. The van der Waals surface area contributed by atoms with E-state index in [0.29, 0.717) is 6.61 Å². The van der Waals surface area contributed by atoms with E-state index in [4.69, 9.17) is 5.11 Å². The van der Waals surface area contributed by atoms with Crippen molar-refractivity contribution in [2.45, 2.75) is 19.3 Å². The number of unbranched alkanes of at least 4 members (excludes halogenated alkanes) is 2. The van der Waals surface area contributed by atoms with Crippen molar-refractivity contribution in [1.29, 1.82) is 0 Å². The summed E-state index contributed by atoms with van der Waals surface area (Å²) < 4.78 is 3.94. The van der Waals surface area contributed by atoms with Gasteiger partial charge in [0.25, 0.3) is 0 Å². The molecule has 4 nitrogen and oxygen atoms in total. The van der Waals surface area contributed by atoms with Crippen molar-refractivity contribution in [1.82, 2.24) is 9.36 Å². The average molecular weight is 201 g/mol. The van der Waals surface area contributed by atoms with Gasteiger partial charge in [-0.15, -0.1) is 0 Å². The summed E-state index contributed by atoms with van der Waals surface area (Å²) in [4.78, 5) is 6.19. The molecule has 1 N–H and O–H groups in total. The Labute approximate surface area is 82.4 Å². The molecule has 0 amide bonds. The lowest BCUT2D eigenvalue weighted by Crippen LogP contribution is -2.18. The van der Waals surface area contributed by atoms with Gasteiger partial charge in [0, 0.05) is 31.7 Å². The molecule has 0 atom stereocenters. The van der Waals surface area contributed by atoms with Gasteiger partial charge in [-0.1, -0.05) is 0 Å². The first-order valence-electron chi connectivity index (χ1n) is 4.43. The number of aliphatic hydroxyl groups excluding tert-OH is 1. The van der Waals surface area contributed by atoms with Crippen molar-refractivity contribution in [3.05, 3.63) is 6.33 Å². The van der Waals surface area contributed by atoms with Crippen molar-refractivity contribution in [2.24, 2.45) is 0 Å². The zero-order valence-corrected chi connectivity index (χ0v) is 8.63. The molecule has 0 spiro atoms.